The molecule has 0 saturated carbocycles. The standard InChI is InChI=1S/C12H22O/c1-5-13-10(2)11-7-6-8-12(3,4)9-11/h9-10H,5-8H2,1-4H3. The van der Waals surface area contributed by atoms with Gasteiger partial charge in [0, 0.05) is 6.61 Å². The number of allylic oxidation sites excluding steroid dienone is 1. The average Bonchev–Trinajstić information content (AvgIpc) is 2.03. The van der Waals surface area contributed by atoms with Crippen molar-refractivity contribution >= 4 is 0 Å². The van der Waals surface area contributed by atoms with Gasteiger partial charge in [0.15, 0.2) is 0 Å². The van der Waals surface area contributed by atoms with E-state index in [0.717, 1.165) is 6.61 Å². The van der Waals surface area contributed by atoms with Crippen LogP contribution in [0.1, 0.15) is 47.0 Å². The van der Waals surface area contributed by atoms with Crippen LogP contribution in [-0.4, -0.2) is 12.7 Å². The molecule has 0 heterocycles. The Morgan fingerprint density at radius 1 is 1.54 bits per heavy atom. The zero-order valence-electron chi connectivity index (χ0n) is 9.39. The first-order valence-electron chi connectivity index (χ1n) is 5.38. The lowest BCUT2D eigenvalue weighted by atomic mass is 9.78. The van der Waals surface area contributed by atoms with Crippen molar-refractivity contribution in [1.82, 2.24) is 0 Å². The lowest BCUT2D eigenvalue weighted by molar-refractivity contribution is 0.0955. The second-order valence-electron chi connectivity index (χ2n) is 4.66. The molecule has 1 nitrogen and oxygen atoms in total. The number of hydrogen-bond donors (Lipinski definition) is 0. The maximum atomic E-state index is 5.61. The summed E-state index contributed by atoms with van der Waals surface area (Å²) in [7, 11) is 0. The number of rotatable bonds is 3. The van der Waals surface area contributed by atoms with Crippen molar-refractivity contribution in [3.05, 3.63) is 11.6 Å². The molecule has 1 aliphatic rings. The van der Waals surface area contributed by atoms with Gasteiger partial charge in [0.25, 0.3) is 0 Å². The molecule has 0 aliphatic heterocycles. The van der Waals surface area contributed by atoms with E-state index in [1.165, 1.54) is 24.8 Å². The van der Waals surface area contributed by atoms with Gasteiger partial charge in [-0.2, -0.15) is 0 Å². The van der Waals surface area contributed by atoms with Gasteiger partial charge < -0.3 is 4.74 Å². The highest BCUT2D eigenvalue weighted by atomic mass is 16.5. The minimum Gasteiger partial charge on any atom is -0.374 e. The molecular weight excluding hydrogens is 160 g/mol. The van der Waals surface area contributed by atoms with Crippen molar-refractivity contribution in [2.45, 2.75) is 53.1 Å². The fraction of sp³-hybridized carbons (Fsp3) is 0.833. The predicted molar refractivity (Wildman–Crippen MR) is 56.8 cm³/mol. The first-order valence-corrected chi connectivity index (χ1v) is 5.38. The summed E-state index contributed by atoms with van der Waals surface area (Å²) in [4.78, 5) is 0. The van der Waals surface area contributed by atoms with Crippen LogP contribution in [0.2, 0.25) is 0 Å². The molecule has 0 fully saturated rings. The topological polar surface area (TPSA) is 9.23 Å². The molecule has 0 aromatic rings. The van der Waals surface area contributed by atoms with Gasteiger partial charge in [0.2, 0.25) is 0 Å². The maximum absolute atomic E-state index is 5.61. The van der Waals surface area contributed by atoms with Crippen LogP contribution in [-0.2, 0) is 4.74 Å². The summed E-state index contributed by atoms with van der Waals surface area (Å²) in [5.41, 5.74) is 1.89. The summed E-state index contributed by atoms with van der Waals surface area (Å²) in [6.45, 7) is 9.66. The summed E-state index contributed by atoms with van der Waals surface area (Å²) < 4.78 is 5.61. The summed E-state index contributed by atoms with van der Waals surface area (Å²) in [6, 6.07) is 0. The van der Waals surface area contributed by atoms with Gasteiger partial charge in [-0.25, -0.2) is 0 Å². The minimum absolute atomic E-state index is 0.324. The van der Waals surface area contributed by atoms with Gasteiger partial charge in [-0.1, -0.05) is 19.9 Å². The van der Waals surface area contributed by atoms with E-state index < -0.39 is 0 Å². The van der Waals surface area contributed by atoms with Crippen molar-refractivity contribution in [3.63, 3.8) is 0 Å². The minimum atomic E-state index is 0.324. The van der Waals surface area contributed by atoms with E-state index in [4.69, 9.17) is 4.74 Å². The third-order valence-electron chi connectivity index (χ3n) is 2.80. The van der Waals surface area contributed by atoms with E-state index in [2.05, 4.69) is 33.8 Å². The Hall–Kier alpha value is -0.300. The van der Waals surface area contributed by atoms with E-state index >= 15 is 0 Å². The molecular formula is C12H22O. The first-order chi connectivity index (χ1) is 6.05. The average molecular weight is 182 g/mol. The molecule has 0 amide bonds. The third-order valence-corrected chi connectivity index (χ3v) is 2.80. The summed E-state index contributed by atoms with van der Waals surface area (Å²) in [6.07, 6.45) is 6.59. The Labute approximate surface area is 82.2 Å². The van der Waals surface area contributed by atoms with E-state index in [1.54, 1.807) is 0 Å². The fourth-order valence-corrected chi connectivity index (χ4v) is 2.07. The Bertz CT molecular complexity index is 191. The largest absolute Gasteiger partial charge is 0.374 e. The molecule has 1 atom stereocenters. The first kappa shape index (κ1) is 10.8. The van der Waals surface area contributed by atoms with E-state index in [9.17, 15) is 0 Å². The lowest BCUT2D eigenvalue weighted by Crippen LogP contribution is -2.20. The summed E-state index contributed by atoms with van der Waals surface area (Å²) in [5.74, 6) is 0. The van der Waals surface area contributed by atoms with Crippen LogP contribution in [0.4, 0.5) is 0 Å². The van der Waals surface area contributed by atoms with Gasteiger partial charge in [-0.3, -0.25) is 0 Å². The molecule has 1 aliphatic carbocycles. The monoisotopic (exact) mass is 182 g/mol. The van der Waals surface area contributed by atoms with Crippen LogP contribution in [0.15, 0.2) is 11.6 Å². The van der Waals surface area contributed by atoms with Crippen molar-refractivity contribution in [2.24, 2.45) is 5.41 Å². The second-order valence-corrected chi connectivity index (χ2v) is 4.66. The fourth-order valence-electron chi connectivity index (χ4n) is 2.07. The molecule has 0 aromatic carbocycles. The van der Waals surface area contributed by atoms with Gasteiger partial charge in [-0.15, -0.1) is 0 Å². The normalized spacial score (nSPS) is 23.8. The Morgan fingerprint density at radius 3 is 2.77 bits per heavy atom. The molecule has 0 bridgehead atoms. The van der Waals surface area contributed by atoms with Gasteiger partial charge >= 0.3 is 0 Å². The predicted octanol–water partition coefficient (Wildman–Crippen LogP) is 3.55. The van der Waals surface area contributed by atoms with Crippen molar-refractivity contribution < 1.29 is 4.74 Å². The molecule has 0 saturated heterocycles. The molecule has 0 radical (unpaired) electrons. The van der Waals surface area contributed by atoms with E-state index in [1.807, 2.05) is 0 Å². The van der Waals surface area contributed by atoms with E-state index in [-0.39, 0.29) is 0 Å². The van der Waals surface area contributed by atoms with Crippen LogP contribution in [0, 0.1) is 5.41 Å². The Morgan fingerprint density at radius 2 is 2.23 bits per heavy atom. The van der Waals surface area contributed by atoms with Crippen molar-refractivity contribution in [1.29, 1.82) is 0 Å². The molecule has 1 rings (SSSR count). The summed E-state index contributed by atoms with van der Waals surface area (Å²) >= 11 is 0. The highest BCUT2D eigenvalue weighted by Gasteiger charge is 2.22. The number of hydrogen-bond acceptors (Lipinski definition) is 1. The molecule has 1 unspecified atom stereocenters. The second kappa shape index (κ2) is 4.28. The highest BCUT2D eigenvalue weighted by Crippen LogP contribution is 2.34. The SMILES string of the molecule is CCOC(C)C1=CC(C)(C)CCC1. The van der Waals surface area contributed by atoms with Gasteiger partial charge in [0.1, 0.15) is 0 Å². The van der Waals surface area contributed by atoms with Crippen molar-refractivity contribution in [2.75, 3.05) is 6.61 Å². The third kappa shape index (κ3) is 3.15. The van der Waals surface area contributed by atoms with Gasteiger partial charge in [-0.05, 0) is 44.1 Å². The maximum Gasteiger partial charge on any atom is 0.0756 e. The molecule has 0 spiro atoms. The molecule has 1 heteroatoms. The van der Waals surface area contributed by atoms with Crippen LogP contribution in [0.5, 0.6) is 0 Å². The number of ether oxygens (including phenoxy) is 1. The van der Waals surface area contributed by atoms with Crippen LogP contribution in [0.3, 0.4) is 0 Å². The quantitative estimate of drug-likeness (QED) is 0.606. The van der Waals surface area contributed by atoms with E-state index in [0.29, 0.717) is 11.5 Å². The highest BCUT2D eigenvalue weighted by molar-refractivity contribution is 5.15. The Kier molecular flexibility index (Phi) is 3.55. The molecule has 76 valence electrons. The summed E-state index contributed by atoms with van der Waals surface area (Å²) in [5, 5.41) is 0. The smallest absolute Gasteiger partial charge is 0.0756 e. The van der Waals surface area contributed by atoms with Crippen LogP contribution >= 0.6 is 0 Å². The zero-order chi connectivity index (χ0) is 9.90. The lowest BCUT2D eigenvalue weighted by Gasteiger charge is -2.29. The molecule has 0 N–H and O–H groups in total. The molecule has 0 aromatic heterocycles. The van der Waals surface area contributed by atoms with Crippen LogP contribution in [0.25, 0.3) is 0 Å². The molecule has 13 heavy (non-hydrogen) atoms. The van der Waals surface area contributed by atoms with Crippen molar-refractivity contribution in [3.8, 4) is 0 Å². The zero-order valence-corrected chi connectivity index (χ0v) is 9.39. The van der Waals surface area contributed by atoms with Crippen LogP contribution < -0.4 is 0 Å². The Balaban J connectivity index is 2.63. The van der Waals surface area contributed by atoms with Gasteiger partial charge in [0.05, 0.1) is 6.10 Å².